The molecule has 1 aromatic rings. The van der Waals surface area contributed by atoms with Gasteiger partial charge in [0.25, 0.3) is 0 Å². The molecule has 1 saturated heterocycles. The molecule has 0 amide bonds. The zero-order valence-electron chi connectivity index (χ0n) is 10.9. The molecule has 3 rings (SSSR count). The molecule has 3 nitrogen and oxygen atoms in total. The highest BCUT2D eigenvalue weighted by Crippen LogP contribution is 2.40. The van der Waals surface area contributed by atoms with E-state index in [-0.39, 0.29) is 6.10 Å². The lowest BCUT2D eigenvalue weighted by molar-refractivity contribution is -0.0802. The van der Waals surface area contributed by atoms with Crippen LogP contribution in [0.25, 0.3) is 0 Å². The molecule has 1 aliphatic heterocycles. The van der Waals surface area contributed by atoms with Gasteiger partial charge in [0.15, 0.2) is 0 Å². The highest BCUT2D eigenvalue weighted by Gasteiger charge is 2.37. The van der Waals surface area contributed by atoms with Crippen LogP contribution in [0.5, 0.6) is 5.75 Å². The summed E-state index contributed by atoms with van der Waals surface area (Å²) in [7, 11) is 0. The average Bonchev–Trinajstić information content (AvgIpc) is 2.40. The fraction of sp³-hybridized carbons (Fsp3) is 0.600. The van der Waals surface area contributed by atoms with Crippen LogP contribution in [0.15, 0.2) is 18.2 Å². The molecule has 0 radical (unpaired) electrons. The Balaban J connectivity index is 1.92. The van der Waals surface area contributed by atoms with Crippen LogP contribution >= 0.6 is 0 Å². The molecule has 1 fully saturated rings. The fourth-order valence-electron chi connectivity index (χ4n) is 3.38. The molecule has 98 valence electrons. The van der Waals surface area contributed by atoms with Gasteiger partial charge in [-0.1, -0.05) is 19.1 Å². The molecule has 1 N–H and O–H groups in total. The number of hydrogen-bond acceptors (Lipinski definition) is 3. The second-order valence-electron chi connectivity index (χ2n) is 5.28. The highest BCUT2D eigenvalue weighted by molar-refractivity contribution is 5.43. The van der Waals surface area contributed by atoms with E-state index in [2.05, 4.69) is 17.9 Å². The zero-order valence-corrected chi connectivity index (χ0v) is 10.9. The van der Waals surface area contributed by atoms with Crippen molar-refractivity contribution in [1.29, 1.82) is 0 Å². The van der Waals surface area contributed by atoms with Crippen LogP contribution in [-0.2, 0) is 11.2 Å². The van der Waals surface area contributed by atoms with Crippen LogP contribution in [0.3, 0.4) is 0 Å². The van der Waals surface area contributed by atoms with Crippen molar-refractivity contribution >= 4 is 0 Å². The van der Waals surface area contributed by atoms with Gasteiger partial charge >= 0.3 is 0 Å². The highest BCUT2D eigenvalue weighted by atomic mass is 16.5. The number of phenols is 1. The smallest absolute Gasteiger partial charge is 0.119 e. The Bertz CT molecular complexity index is 431. The molecule has 2 atom stereocenters. The van der Waals surface area contributed by atoms with Crippen molar-refractivity contribution in [1.82, 2.24) is 4.90 Å². The summed E-state index contributed by atoms with van der Waals surface area (Å²) in [6, 6.07) is 6.32. The number of phenolic OH excluding ortho intramolecular Hbond substituents is 1. The molecule has 3 heteroatoms. The van der Waals surface area contributed by atoms with Crippen molar-refractivity contribution in [3.05, 3.63) is 29.3 Å². The van der Waals surface area contributed by atoms with E-state index < -0.39 is 0 Å². The van der Waals surface area contributed by atoms with Crippen molar-refractivity contribution in [2.24, 2.45) is 0 Å². The topological polar surface area (TPSA) is 32.7 Å². The van der Waals surface area contributed by atoms with Crippen LogP contribution in [0, 0.1) is 0 Å². The van der Waals surface area contributed by atoms with Crippen LogP contribution in [0.2, 0.25) is 0 Å². The second kappa shape index (κ2) is 4.90. The van der Waals surface area contributed by atoms with E-state index >= 15 is 0 Å². The fourth-order valence-corrected chi connectivity index (χ4v) is 3.38. The van der Waals surface area contributed by atoms with Crippen LogP contribution in [0.4, 0.5) is 0 Å². The Labute approximate surface area is 108 Å². The third kappa shape index (κ3) is 1.91. The summed E-state index contributed by atoms with van der Waals surface area (Å²) >= 11 is 0. The Kier molecular flexibility index (Phi) is 3.27. The number of ether oxygens (including phenoxy) is 1. The van der Waals surface area contributed by atoms with Gasteiger partial charge in [0.2, 0.25) is 0 Å². The molecule has 1 heterocycles. The van der Waals surface area contributed by atoms with Crippen LogP contribution in [-0.4, -0.2) is 35.7 Å². The van der Waals surface area contributed by atoms with Gasteiger partial charge in [-0.05, 0) is 43.0 Å². The first-order valence-electron chi connectivity index (χ1n) is 6.97. The third-order valence-corrected chi connectivity index (χ3v) is 4.19. The molecule has 0 unspecified atom stereocenters. The third-order valence-electron chi connectivity index (χ3n) is 4.19. The maximum absolute atomic E-state index is 9.95. The number of morpholine rings is 1. The van der Waals surface area contributed by atoms with Gasteiger partial charge in [-0.3, -0.25) is 4.90 Å². The summed E-state index contributed by atoms with van der Waals surface area (Å²) in [6.07, 6.45) is 3.40. The predicted molar refractivity (Wildman–Crippen MR) is 70.8 cm³/mol. The standard InChI is InChI=1S/C15H21NO2/c1-2-8-16-9-10-18-15-12-4-3-5-14(17)11(12)6-7-13(15)16/h3-5,13,15,17H,2,6-10H2,1H3/t13-,15-/m1/s1. The summed E-state index contributed by atoms with van der Waals surface area (Å²) in [5, 5.41) is 9.95. The molecule has 18 heavy (non-hydrogen) atoms. The molecular formula is C15H21NO2. The molecular weight excluding hydrogens is 226 g/mol. The monoisotopic (exact) mass is 247 g/mol. The quantitative estimate of drug-likeness (QED) is 0.871. The van der Waals surface area contributed by atoms with Gasteiger partial charge < -0.3 is 9.84 Å². The minimum absolute atomic E-state index is 0.154. The van der Waals surface area contributed by atoms with Gasteiger partial charge in [-0.15, -0.1) is 0 Å². The number of fused-ring (bicyclic) bond motifs is 3. The molecule has 2 aliphatic rings. The zero-order chi connectivity index (χ0) is 12.5. The van der Waals surface area contributed by atoms with Crippen molar-refractivity contribution in [2.45, 2.75) is 38.3 Å². The number of rotatable bonds is 2. The van der Waals surface area contributed by atoms with Crippen LogP contribution in [0.1, 0.15) is 37.0 Å². The van der Waals surface area contributed by atoms with E-state index in [0.29, 0.717) is 11.8 Å². The van der Waals surface area contributed by atoms with Crippen molar-refractivity contribution in [2.75, 3.05) is 19.7 Å². The van der Waals surface area contributed by atoms with E-state index in [0.717, 1.165) is 38.1 Å². The minimum Gasteiger partial charge on any atom is -0.508 e. The molecule has 1 aliphatic carbocycles. The van der Waals surface area contributed by atoms with Crippen molar-refractivity contribution < 1.29 is 9.84 Å². The van der Waals surface area contributed by atoms with E-state index in [1.807, 2.05) is 6.07 Å². The molecule has 0 aromatic heterocycles. The largest absolute Gasteiger partial charge is 0.508 e. The van der Waals surface area contributed by atoms with Gasteiger partial charge in [-0.2, -0.15) is 0 Å². The maximum atomic E-state index is 9.95. The lowest BCUT2D eigenvalue weighted by atomic mass is 9.83. The first-order valence-corrected chi connectivity index (χ1v) is 6.97. The number of aromatic hydroxyl groups is 1. The van der Waals surface area contributed by atoms with E-state index in [9.17, 15) is 5.11 Å². The Hall–Kier alpha value is -1.06. The van der Waals surface area contributed by atoms with Crippen LogP contribution < -0.4 is 0 Å². The van der Waals surface area contributed by atoms with Crippen molar-refractivity contribution in [3.63, 3.8) is 0 Å². The normalized spacial score (nSPS) is 27.6. The minimum atomic E-state index is 0.154. The first-order chi connectivity index (χ1) is 8.81. The first kappa shape index (κ1) is 12.0. The summed E-state index contributed by atoms with van der Waals surface area (Å²) in [5.74, 6) is 0.433. The van der Waals surface area contributed by atoms with E-state index in [4.69, 9.17) is 4.74 Å². The number of benzene rings is 1. The number of nitrogens with zero attached hydrogens (tertiary/aromatic N) is 1. The molecule has 0 saturated carbocycles. The summed E-state index contributed by atoms with van der Waals surface area (Å²) < 4.78 is 5.99. The Morgan fingerprint density at radius 3 is 3.17 bits per heavy atom. The summed E-state index contributed by atoms with van der Waals surface area (Å²) in [5.41, 5.74) is 2.30. The SMILES string of the molecule is CCCN1CCO[C@@H]2c3cccc(O)c3CC[C@H]21. The maximum Gasteiger partial charge on any atom is 0.119 e. The summed E-state index contributed by atoms with van der Waals surface area (Å²) in [6.45, 7) is 5.23. The van der Waals surface area contributed by atoms with E-state index in [1.54, 1.807) is 6.07 Å². The predicted octanol–water partition coefficient (Wildman–Crippen LogP) is 2.49. The Morgan fingerprint density at radius 2 is 2.33 bits per heavy atom. The van der Waals surface area contributed by atoms with Gasteiger partial charge in [0, 0.05) is 12.6 Å². The average molecular weight is 247 g/mol. The Morgan fingerprint density at radius 1 is 1.44 bits per heavy atom. The lowest BCUT2D eigenvalue weighted by Crippen LogP contribution is -2.49. The van der Waals surface area contributed by atoms with Gasteiger partial charge in [-0.25, -0.2) is 0 Å². The molecule has 0 spiro atoms. The van der Waals surface area contributed by atoms with Gasteiger partial charge in [0.1, 0.15) is 5.75 Å². The second-order valence-corrected chi connectivity index (χ2v) is 5.28. The van der Waals surface area contributed by atoms with Gasteiger partial charge in [0.05, 0.1) is 12.7 Å². The molecule has 0 bridgehead atoms. The number of hydrogen-bond donors (Lipinski definition) is 1. The molecule has 1 aromatic carbocycles. The van der Waals surface area contributed by atoms with E-state index in [1.165, 1.54) is 12.0 Å². The lowest BCUT2D eigenvalue weighted by Gasteiger charge is -2.44. The summed E-state index contributed by atoms with van der Waals surface area (Å²) in [4.78, 5) is 2.56. The van der Waals surface area contributed by atoms with Crippen molar-refractivity contribution in [3.8, 4) is 5.75 Å².